The van der Waals surface area contributed by atoms with Crippen LogP contribution in [0.5, 0.6) is 0 Å². The highest BCUT2D eigenvalue weighted by molar-refractivity contribution is 8.13. The predicted molar refractivity (Wildman–Crippen MR) is 123 cm³/mol. The Kier molecular flexibility index (Phi) is 5.12. The van der Waals surface area contributed by atoms with Gasteiger partial charge in [0.05, 0.1) is 0 Å². The van der Waals surface area contributed by atoms with E-state index in [9.17, 15) is 9.59 Å². The predicted octanol–water partition coefficient (Wildman–Crippen LogP) is 5.70. The summed E-state index contributed by atoms with van der Waals surface area (Å²) in [5.41, 5.74) is 2.90. The average Bonchev–Trinajstić information content (AvgIpc) is 3.09. The number of hydrogen-bond donors (Lipinski definition) is 0. The minimum Gasteiger partial charge on any atom is -0.319 e. The van der Waals surface area contributed by atoms with E-state index < -0.39 is 0 Å². The lowest BCUT2D eigenvalue weighted by Gasteiger charge is -2.59. The minimum absolute atomic E-state index is 0.0879. The van der Waals surface area contributed by atoms with Crippen LogP contribution in [0.4, 0.5) is 0 Å². The van der Waals surface area contributed by atoms with Gasteiger partial charge in [-0.1, -0.05) is 25.5 Å². The van der Waals surface area contributed by atoms with Crippen molar-refractivity contribution >= 4 is 22.8 Å². The van der Waals surface area contributed by atoms with E-state index in [0.717, 1.165) is 37.1 Å². The topological polar surface area (TPSA) is 50.3 Å². The van der Waals surface area contributed by atoms with Crippen LogP contribution in [0.3, 0.4) is 0 Å². The second kappa shape index (κ2) is 7.47. The SMILES string of the molecule is CC1=C2N(C)C(=O)CC[C@]2(C)C2CC[C@]3(C)[C@@H](C(=O)Sc4ccccn4)CC[C@H]3C2C1. The molecular weight excluding hydrogens is 404 g/mol. The van der Waals surface area contributed by atoms with Gasteiger partial charge in [-0.2, -0.15) is 0 Å². The van der Waals surface area contributed by atoms with Gasteiger partial charge in [0.2, 0.25) is 5.91 Å². The molecule has 166 valence electrons. The third-order valence-electron chi connectivity index (χ3n) is 9.44. The number of likely N-dealkylation sites (tertiary alicyclic amines) is 1. The fraction of sp³-hybridized carbons (Fsp3) is 0.654. The van der Waals surface area contributed by atoms with Crippen molar-refractivity contribution in [1.82, 2.24) is 9.88 Å². The van der Waals surface area contributed by atoms with Crippen molar-refractivity contribution in [1.29, 1.82) is 0 Å². The molecule has 5 rings (SSSR count). The van der Waals surface area contributed by atoms with Crippen molar-refractivity contribution in [2.75, 3.05) is 7.05 Å². The normalized spacial score (nSPS) is 39.7. The van der Waals surface area contributed by atoms with Crippen LogP contribution >= 0.6 is 11.8 Å². The third kappa shape index (κ3) is 3.13. The monoisotopic (exact) mass is 438 g/mol. The Morgan fingerprint density at radius 3 is 2.71 bits per heavy atom. The van der Waals surface area contributed by atoms with Crippen molar-refractivity contribution in [3.8, 4) is 0 Å². The van der Waals surface area contributed by atoms with Crippen LogP contribution in [-0.4, -0.2) is 28.0 Å². The van der Waals surface area contributed by atoms with Gasteiger partial charge in [0.25, 0.3) is 0 Å². The van der Waals surface area contributed by atoms with Crippen LogP contribution in [0.1, 0.15) is 65.7 Å². The molecule has 3 aliphatic carbocycles. The van der Waals surface area contributed by atoms with Crippen molar-refractivity contribution in [2.24, 2.45) is 34.5 Å². The molecule has 0 bridgehead atoms. The van der Waals surface area contributed by atoms with Crippen LogP contribution in [0.2, 0.25) is 0 Å². The average molecular weight is 439 g/mol. The van der Waals surface area contributed by atoms with E-state index in [-0.39, 0.29) is 22.7 Å². The van der Waals surface area contributed by atoms with Crippen molar-refractivity contribution < 1.29 is 9.59 Å². The van der Waals surface area contributed by atoms with E-state index >= 15 is 0 Å². The van der Waals surface area contributed by atoms with Gasteiger partial charge in [-0.05, 0) is 92.5 Å². The zero-order valence-electron chi connectivity index (χ0n) is 19.2. The maximum atomic E-state index is 13.3. The number of hydrogen-bond acceptors (Lipinski definition) is 4. The van der Waals surface area contributed by atoms with Crippen LogP contribution in [-0.2, 0) is 9.59 Å². The lowest BCUT2D eigenvalue weighted by Crippen LogP contribution is -2.54. The molecule has 31 heavy (non-hydrogen) atoms. The van der Waals surface area contributed by atoms with Gasteiger partial charge in [-0.25, -0.2) is 4.98 Å². The molecule has 2 unspecified atom stereocenters. The number of rotatable bonds is 2. The number of allylic oxidation sites excluding steroid dienone is 2. The number of carbonyl (C=O) groups excluding carboxylic acids is 2. The molecule has 0 spiro atoms. The van der Waals surface area contributed by atoms with Crippen LogP contribution in [0.25, 0.3) is 0 Å². The molecule has 1 aromatic rings. The molecule has 3 fully saturated rings. The molecular formula is C26H34N2O2S. The summed E-state index contributed by atoms with van der Waals surface area (Å²) in [6, 6.07) is 5.79. The summed E-state index contributed by atoms with van der Waals surface area (Å²) in [6.07, 6.45) is 8.95. The van der Waals surface area contributed by atoms with Gasteiger partial charge in [0, 0.05) is 36.7 Å². The molecule has 0 aromatic carbocycles. The summed E-state index contributed by atoms with van der Waals surface area (Å²) in [5.74, 6) is 2.24. The van der Waals surface area contributed by atoms with Gasteiger partial charge in [-0.15, -0.1) is 0 Å². The van der Waals surface area contributed by atoms with Crippen molar-refractivity contribution in [2.45, 2.75) is 70.7 Å². The first-order chi connectivity index (χ1) is 14.8. The van der Waals surface area contributed by atoms with Gasteiger partial charge in [-0.3, -0.25) is 9.59 Å². The highest BCUT2D eigenvalue weighted by atomic mass is 32.2. The standard InChI is InChI=1S/C26H34N2O2S/c1-16-15-17-18-8-9-20(24(30)31-21-7-5-6-14-27-21)25(18,2)12-10-19(17)26(3)13-11-22(29)28(4)23(16)26/h5-7,14,17-20H,8-13,15H2,1-4H3/t17?,18-,19?,20+,25-,26+/m0/s1. The number of amides is 1. The summed E-state index contributed by atoms with van der Waals surface area (Å²) >= 11 is 1.34. The largest absolute Gasteiger partial charge is 0.319 e. The molecule has 2 heterocycles. The second-order valence-electron chi connectivity index (χ2n) is 10.8. The fourth-order valence-electron chi connectivity index (χ4n) is 8.08. The Balaban J connectivity index is 1.43. The maximum Gasteiger partial charge on any atom is 0.226 e. The Hall–Kier alpha value is -1.62. The molecule has 0 N–H and O–H groups in total. The zero-order valence-corrected chi connectivity index (χ0v) is 20.0. The van der Waals surface area contributed by atoms with Crippen LogP contribution in [0.15, 0.2) is 40.7 Å². The molecule has 1 saturated heterocycles. The van der Waals surface area contributed by atoms with E-state index in [1.807, 2.05) is 30.1 Å². The number of nitrogens with zero attached hydrogens (tertiary/aromatic N) is 2. The number of pyridine rings is 1. The summed E-state index contributed by atoms with van der Waals surface area (Å²) in [6.45, 7) is 7.07. The van der Waals surface area contributed by atoms with E-state index in [2.05, 4.69) is 25.8 Å². The molecule has 4 nitrogen and oxygen atoms in total. The summed E-state index contributed by atoms with van der Waals surface area (Å²) < 4.78 is 0. The zero-order chi connectivity index (χ0) is 22.0. The molecule has 0 radical (unpaired) electrons. The third-order valence-corrected chi connectivity index (χ3v) is 10.4. The van der Waals surface area contributed by atoms with E-state index in [4.69, 9.17) is 0 Å². The van der Waals surface area contributed by atoms with Gasteiger partial charge in [0.1, 0.15) is 5.03 Å². The number of thioether (sulfide) groups is 1. The Morgan fingerprint density at radius 2 is 1.97 bits per heavy atom. The molecule has 1 amide bonds. The number of carbonyl (C=O) groups is 2. The number of aromatic nitrogens is 1. The quantitative estimate of drug-likeness (QED) is 0.556. The lowest BCUT2D eigenvalue weighted by atomic mass is 9.48. The number of piperidine rings is 1. The Labute approximate surface area is 190 Å². The Bertz CT molecular complexity index is 944. The lowest BCUT2D eigenvalue weighted by molar-refractivity contribution is -0.137. The molecule has 1 aromatic heterocycles. The van der Waals surface area contributed by atoms with Gasteiger partial charge >= 0.3 is 0 Å². The smallest absolute Gasteiger partial charge is 0.226 e. The molecule has 4 aliphatic rings. The summed E-state index contributed by atoms with van der Waals surface area (Å²) in [5, 5.41) is 1.12. The summed E-state index contributed by atoms with van der Waals surface area (Å²) in [7, 11) is 1.98. The van der Waals surface area contributed by atoms with Gasteiger partial charge in [0.15, 0.2) is 5.12 Å². The first-order valence-electron chi connectivity index (χ1n) is 11.8. The Morgan fingerprint density at radius 1 is 1.16 bits per heavy atom. The van der Waals surface area contributed by atoms with Crippen LogP contribution < -0.4 is 0 Å². The van der Waals surface area contributed by atoms with Crippen molar-refractivity contribution in [3.63, 3.8) is 0 Å². The molecule has 1 aliphatic heterocycles. The van der Waals surface area contributed by atoms with E-state index in [0.29, 0.717) is 29.3 Å². The fourth-order valence-corrected chi connectivity index (χ4v) is 9.07. The highest BCUT2D eigenvalue weighted by Crippen LogP contribution is 2.67. The number of fused-ring (bicyclic) bond motifs is 5. The second-order valence-corrected chi connectivity index (χ2v) is 11.9. The van der Waals surface area contributed by atoms with Gasteiger partial charge < -0.3 is 4.90 Å². The maximum absolute atomic E-state index is 13.3. The summed E-state index contributed by atoms with van der Waals surface area (Å²) in [4.78, 5) is 32.1. The minimum atomic E-state index is 0.0879. The van der Waals surface area contributed by atoms with E-state index in [1.54, 1.807) is 6.20 Å². The first-order valence-corrected chi connectivity index (χ1v) is 12.7. The van der Waals surface area contributed by atoms with E-state index in [1.165, 1.54) is 29.5 Å². The van der Waals surface area contributed by atoms with Crippen molar-refractivity contribution in [3.05, 3.63) is 35.7 Å². The molecule has 5 heteroatoms. The molecule has 6 atom stereocenters. The highest BCUT2D eigenvalue weighted by Gasteiger charge is 2.61. The molecule has 2 saturated carbocycles. The van der Waals surface area contributed by atoms with Crippen LogP contribution in [0, 0.1) is 34.5 Å². The first kappa shape index (κ1) is 21.2.